The predicted molar refractivity (Wildman–Crippen MR) is 80.5 cm³/mol. The number of rotatable bonds is 4. The summed E-state index contributed by atoms with van der Waals surface area (Å²) in [6.07, 6.45) is 8.85. The van der Waals surface area contributed by atoms with Gasteiger partial charge in [-0.2, -0.15) is 0 Å². The number of hydrogen-bond acceptors (Lipinski definition) is 5. The van der Waals surface area contributed by atoms with Gasteiger partial charge in [0.05, 0.1) is 17.7 Å². The van der Waals surface area contributed by atoms with Gasteiger partial charge >= 0.3 is 0 Å². The number of aromatic amines is 1. The van der Waals surface area contributed by atoms with Crippen LogP contribution in [0.4, 0.5) is 0 Å². The van der Waals surface area contributed by atoms with Crippen LogP contribution in [-0.4, -0.2) is 32.9 Å². The van der Waals surface area contributed by atoms with E-state index in [1.165, 1.54) is 25.7 Å². The molecule has 0 bridgehead atoms. The molecule has 1 unspecified atom stereocenters. The fourth-order valence-corrected chi connectivity index (χ4v) is 3.78. The number of likely N-dealkylation sites (tertiary alicyclic amines) is 1. The Hall–Kier alpha value is -1.24. The lowest BCUT2D eigenvalue weighted by Crippen LogP contribution is -2.30. The number of nitrogens with zero attached hydrogens (tertiary/aromatic N) is 3. The normalized spacial score (nSPS) is 18.9. The largest absolute Gasteiger partial charge is 0.347 e. The number of H-pyrrole nitrogens is 1. The van der Waals surface area contributed by atoms with E-state index in [1.807, 2.05) is 6.20 Å². The molecule has 0 aliphatic carbocycles. The first-order valence-electron chi connectivity index (χ1n) is 7.25. The molecule has 20 heavy (non-hydrogen) atoms. The molecule has 0 radical (unpaired) electrons. The molecule has 1 aliphatic rings. The van der Waals surface area contributed by atoms with Gasteiger partial charge in [-0.1, -0.05) is 12.8 Å². The van der Waals surface area contributed by atoms with Crippen molar-refractivity contribution < 1.29 is 0 Å². The van der Waals surface area contributed by atoms with E-state index in [4.69, 9.17) is 10.7 Å². The van der Waals surface area contributed by atoms with Crippen LogP contribution in [0.25, 0.3) is 0 Å². The number of nitrogens with two attached hydrogens (primary N) is 1. The molecule has 2 aromatic heterocycles. The third-order valence-electron chi connectivity index (χ3n) is 3.83. The van der Waals surface area contributed by atoms with E-state index in [1.54, 1.807) is 17.7 Å². The molecule has 108 valence electrons. The highest BCUT2D eigenvalue weighted by molar-refractivity contribution is 7.09. The van der Waals surface area contributed by atoms with Gasteiger partial charge in [-0.05, 0) is 25.9 Å². The summed E-state index contributed by atoms with van der Waals surface area (Å²) in [7, 11) is 0. The fraction of sp³-hybridized carbons (Fsp3) is 0.571. The molecular formula is C14H21N5S. The van der Waals surface area contributed by atoms with Crippen LogP contribution < -0.4 is 5.73 Å². The molecule has 6 heteroatoms. The van der Waals surface area contributed by atoms with Crippen molar-refractivity contribution in [2.24, 2.45) is 5.73 Å². The van der Waals surface area contributed by atoms with Crippen LogP contribution in [0, 0.1) is 0 Å². The van der Waals surface area contributed by atoms with Crippen LogP contribution in [-0.2, 0) is 6.54 Å². The maximum atomic E-state index is 5.70. The maximum absolute atomic E-state index is 5.70. The Labute approximate surface area is 123 Å². The Morgan fingerprint density at radius 1 is 1.30 bits per heavy atom. The van der Waals surface area contributed by atoms with Gasteiger partial charge in [0.25, 0.3) is 0 Å². The summed E-state index contributed by atoms with van der Waals surface area (Å²) < 4.78 is 0. The smallest absolute Gasteiger partial charge is 0.116 e. The van der Waals surface area contributed by atoms with Gasteiger partial charge in [-0.3, -0.25) is 4.90 Å². The van der Waals surface area contributed by atoms with E-state index < -0.39 is 0 Å². The molecule has 2 aromatic rings. The number of nitrogens with one attached hydrogen (secondary N) is 1. The highest BCUT2D eigenvalue weighted by atomic mass is 32.1. The van der Waals surface area contributed by atoms with Crippen LogP contribution in [0.2, 0.25) is 0 Å². The molecule has 0 amide bonds. The molecule has 1 fully saturated rings. The lowest BCUT2D eigenvalue weighted by atomic mass is 10.2. The summed E-state index contributed by atoms with van der Waals surface area (Å²) in [5.41, 5.74) is 7.80. The lowest BCUT2D eigenvalue weighted by Gasteiger charge is -2.28. The van der Waals surface area contributed by atoms with Crippen molar-refractivity contribution in [1.29, 1.82) is 0 Å². The topological polar surface area (TPSA) is 70.8 Å². The summed E-state index contributed by atoms with van der Waals surface area (Å²) in [5, 5.41) is 3.19. The first kappa shape index (κ1) is 13.7. The second-order valence-electron chi connectivity index (χ2n) is 5.24. The van der Waals surface area contributed by atoms with Gasteiger partial charge < -0.3 is 10.7 Å². The second-order valence-corrected chi connectivity index (χ2v) is 6.13. The van der Waals surface area contributed by atoms with Gasteiger partial charge in [0, 0.05) is 18.1 Å². The third-order valence-corrected chi connectivity index (χ3v) is 4.78. The van der Waals surface area contributed by atoms with Gasteiger partial charge in [-0.25, -0.2) is 9.97 Å². The maximum Gasteiger partial charge on any atom is 0.116 e. The molecule has 1 saturated heterocycles. The van der Waals surface area contributed by atoms with E-state index in [-0.39, 0.29) is 6.04 Å². The molecule has 3 N–H and O–H groups in total. The Kier molecular flexibility index (Phi) is 4.44. The average Bonchev–Trinajstić information content (AvgIpc) is 3.08. The van der Waals surface area contributed by atoms with Crippen molar-refractivity contribution in [1.82, 2.24) is 19.9 Å². The molecule has 3 heterocycles. The summed E-state index contributed by atoms with van der Waals surface area (Å²) in [4.78, 5) is 14.7. The van der Waals surface area contributed by atoms with Crippen molar-refractivity contribution >= 4 is 11.3 Å². The molecule has 0 spiro atoms. The molecule has 0 aromatic carbocycles. The van der Waals surface area contributed by atoms with E-state index in [0.717, 1.165) is 29.5 Å². The summed E-state index contributed by atoms with van der Waals surface area (Å²) in [6, 6.07) is 0.195. The quantitative estimate of drug-likeness (QED) is 0.906. The van der Waals surface area contributed by atoms with Crippen LogP contribution in [0.5, 0.6) is 0 Å². The van der Waals surface area contributed by atoms with Crippen LogP contribution in [0.3, 0.4) is 0 Å². The van der Waals surface area contributed by atoms with Gasteiger partial charge in [0.15, 0.2) is 0 Å². The number of aromatic nitrogens is 3. The molecule has 3 rings (SSSR count). The van der Waals surface area contributed by atoms with Crippen molar-refractivity contribution in [2.75, 3.05) is 13.1 Å². The zero-order valence-corrected chi connectivity index (χ0v) is 12.4. The second kappa shape index (κ2) is 6.47. The number of thiazole rings is 1. The van der Waals surface area contributed by atoms with E-state index in [2.05, 4.69) is 20.2 Å². The first-order chi connectivity index (χ1) is 9.88. The standard InChI is InChI=1S/C14H21N5S/c15-7-11-9-20-14(18-11)13(12-8-16-10-17-12)19-5-3-1-2-4-6-19/h8-10,13H,1-7,15H2,(H,16,17). The minimum absolute atomic E-state index is 0.195. The summed E-state index contributed by atoms with van der Waals surface area (Å²) in [5.74, 6) is 0. The SMILES string of the molecule is NCc1csc(C(c2cnc[nH]2)N2CCCCCC2)n1. The monoisotopic (exact) mass is 291 g/mol. The van der Waals surface area contributed by atoms with Crippen LogP contribution >= 0.6 is 11.3 Å². The fourth-order valence-electron chi connectivity index (χ4n) is 2.80. The number of imidazole rings is 1. The van der Waals surface area contributed by atoms with Crippen molar-refractivity contribution in [2.45, 2.75) is 38.3 Å². The third kappa shape index (κ3) is 2.92. The van der Waals surface area contributed by atoms with Gasteiger partial charge in [0.2, 0.25) is 0 Å². The highest BCUT2D eigenvalue weighted by Crippen LogP contribution is 2.31. The molecule has 1 aliphatic heterocycles. The lowest BCUT2D eigenvalue weighted by molar-refractivity contribution is 0.231. The predicted octanol–water partition coefficient (Wildman–Crippen LogP) is 2.29. The minimum Gasteiger partial charge on any atom is -0.347 e. The Morgan fingerprint density at radius 3 is 2.70 bits per heavy atom. The molecule has 1 atom stereocenters. The minimum atomic E-state index is 0.195. The van der Waals surface area contributed by atoms with Gasteiger partial charge in [0.1, 0.15) is 11.0 Å². The van der Waals surface area contributed by atoms with E-state index >= 15 is 0 Å². The highest BCUT2D eigenvalue weighted by Gasteiger charge is 2.26. The number of hydrogen-bond donors (Lipinski definition) is 2. The summed E-state index contributed by atoms with van der Waals surface area (Å²) >= 11 is 1.70. The van der Waals surface area contributed by atoms with Crippen molar-refractivity contribution in [3.63, 3.8) is 0 Å². The van der Waals surface area contributed by atoms with E-state index in [0.29, 0.717) is 6.54 Å². The van der Waals surface area contributed by atoms with E-state index in [9.17, 15) is 0 Å². The Bertz CT molecular complexity index is 513. The van der Waals surface area contributed by atoms with Crippen molar-refractivity contribution in [3.05, 3.63) is 34.3 Å². The van der Waals surface area contributed by atoms with Crippen molar-refractivity contribution in [3.8, 4) is 0 Å². The first-order valence-corrected chi connectivity index (χ1v) is 8.13. The summed E-state index contributed by atoms with van der Waals surface area (Å²) in [6.45, 7) is 2.76. The zero-order chi connectivity index (χ0) is 13.8. The molecule has 5 nitrogen and oxygen atoms in total. The molecule has 0 saturated carbocycles. The Morgan fingerprint density at radius 2 is 2.10 bits per heavy atom. The van der Waals surface area contributed by atoms with Gasteiger partial charge in [-0.15, -0.1) is 11.3 Å². The Balaban J connectivity index is 1.90. The molecular weight excluding hydrogens is 270 g/mol. The zero-order valence-electron chi connectivity index (χ0n) is 11.6. The van der Waals surface area contributed by atoms with Crippen LogP contribution in [0.15, 0.2) is 17.9 Å². The van der Waals surface area contributed by atoms with Crippen LogP contribution in [0.1, 0.15) is 48.1 Å². The average molecular weight is 291 g/mol.